The second-order valence-electron chi connectivity index (χ2n) is 6.96. The molecule has 150 valence electrons. The summed E-state index contributed by atoms with van der Waals surface area (Å²) in [5.41, 5.74) is 3.78. The highest BCUT2D eigenvalue weighted by Gasteiger charge is 2.23. The molecule has 0 aromatic heterocycles. The fraction of sp³-hybridized carbons (Fsp3) is 0.174. The van der Waals surface area contributed by atoms with E-state index in [1.165, 1.54) is 11.4 Å². The largest absolute Gasteiger partial charge is 0.348 e. The van der Waals surface area contributed by atoms with E-state index in [1.54, 1.807) is 48.5 Å². The number of sulfonamides is 1. The fourth-order valence-corrected chi connectivity index (χ4v) is 4.35. The number of hydrogen-bond donors (Lipinski definition) is 1. The minimum atomic E-state index is -3.72. The average molecular weight is 409 g/mol. The van der Waals surface area contributed by atoms with Crippen molar-refractivity contribution >= 4 is 21.6 Å². The van der Waals surface area contributed by atoms with Gasteiger partial charge in [-0.25, -0.2) is 8.42 Å². The van der Waals surface area contributed by atoms with Crippen molar-refractivity contribution in [2.45, 2.75) is 25.3 Å². The number of anilines is 1. The van der Waals surface area contributed by atoms with Crippen LogP contribution >= 0.6 is 0 Å². The summed E-state index contributed by atoms with van der Waals surface area (Å²) in [4.78, 5) is 12.8. The van der Waals surface area contributed by atoms with Gasteiger partial charge in [-0.2, -0.15) is 0 Å². The molecular formula is C23H24N2O3S. The van der Waals surface area contributed by atoms with Gasteiger partial charge in [-0.15, -0.1) is 0 Å². The minimum absolute atomic E-state index is 0.205. The Kier molecular flexibility index (Phi) is 6.03. The van der Waals surface area contributed by atoms with Gasteiger partial charge in [-0.3, -0.25) is 9.10 Å². The van der Waals surface area contributed by atoms with E-state index in [-0.39, 0.29) is 10.8 Å². The van der Waals surface area contributed by atoms with Crippen molar-refractivity contribution in [3.05, 3.63) is 95.1 Å². The van der Waals surface area contributed by atoms with E-state index in [0.29, 0.717) is 17.8 Å². The molecular weight excluding hydrogens is 384 g/mol. The van der Waals surface area contributed by atoms with Crippen LogP contribution in [0.1, 0.15) is 27.0 Å². The number of nitrogens with zero attached hydrogens (tertiary/aromatic N) is 1. The highest BCUT2D eigenvalue weighted by Crippen LogP contribution is 2.26. The maximum atomic E-state index is 12.9. The molecule has 0 aliphatic carbocycles. The third-order valence-corrected chi connectivity index (χ3v) is 6.53. The van der Waals surface area contributed by atoms with E-state index in [4.69, 9.17) is 0 Å². The van der Waals surface area contributed by atoms with Crippen LogP contribution in [0.2, 0.25) is 0 Å². The molecule has 0 bridgehead atoms. The molecule has 3 aromatic rings. The SMILES string of the molecule is Cc1cccc(CNC(=O)c2ccc(C)c(N(C)S(=O)(=O)c3ccccc3)c2)c1. The zero-order valence-electron chi connectivity index (χ0n) is 16.7. The predicted octanol–water partition coefficient (Wildman–Crippen LogP) is 4.06. The van der Waals surface area contributed by atoms with E-state index < -0.39 is 10.0 Å². The molecule has 0 spiro atoms. The number of benzene rings is 3. The molecule has 0 radical (unpaired) electrons. The molecule has 0 fully saturated rings. The summed E-state index contributed by atoms with van der Waals surface area (Å²) >= 11 is 0. The Labute approximate surface area is 172 Å². The van der Waals surface area contributed by atoms with Crippen LogP contribution in [0.5, 0.6) is 0 Å². The Morgan fingerprint density at radius 1 is 0.931 bits per heavy atom. The molecule has 0 saturated heterocycles. The van der Waals surface area contributed by atoms with Gasteiger partial charge >= 0.3 is 0 Å². The third-order valence-electron chi connectivity index (χ3n) is 4.75. The van der Waals surface area contributed by atoms with Crippen LogP contribution in [0.15, 0.2) is 77.7 Å². The predicted molar refractivity (Wildman–Crippen MR) is 116 cm³/mol. The maximum Gasteiger partial charge on any atom is 0.264 e. The first-order valence-corrected chi connectivity index (χ1v) is 10.7. The molecule has 3 rings (SSSR count). The molecule has 0 unspecified atom stereocenters. The Hall–Kier alpha value is -3.12. The zero-order chi connectivity index (χ0) is 21.0. The van der Waals surface area contributed by atoms with Gasteiger partial charge in [0.1, 0.15) is 0 Å². The molecule has 0 aliphatic heterocycles. The normalized spacial score (nSPS) is 11.1. The van der Waals surface area contributed by atoms with E-state index in [9.17, 15) is 13.2 Å². The van der Waals surface area contributed by atoms with Crippen LogP contribution in [0.3, 0.4) is 0 Å². The Morgan fingerprint density at radius 2 is 1.66 bits per heavy atom. The van der Waals surface area contributed by atoms with Gasteiger partial charge in [0, 0.05) is 19.2 Å². The molecule has 6 heteroatoms. The molecule has 3 aromatic carbocycles. The quantitative estimate of drug-likeness (QED) is 0.669. The number of aryl methyl sites for hydroxylation is 2. The van der Waals surface area contributed by atoms with Crippen LogP contribution in [0.25, 0.3) is 0 Å². The van der Waals surface area contributed by atoms with Crippen LogP contribution in [-0.2, 0) is 16.6 Å². The number of carbonyl (C=O) groups is 1. The lowest BCUT2D eigenvalue weighted by atomic mass is 10.1. The lowest BCUT2D eigenvalue weighted by Gasteiger charge is -2.22. The maximum absolute atomic E-state index is 12.9. The Bertz CT molecular complexity index is 1130. The van der Waals surface area contributed by atoms with Crippen molar-refractivity contribution in [1.82, 2.24) is 5.32 Å². The van der Waals surface area contributed by atoms with Crippen molar-refractivity contribution in [2.24, 2.45) is 0 Å². The summed E-state index contributed by atoms with van der Waals surface area (Å²) < 4.78 is 27.1. The van der Waals surface area contributed by atoms with Crippen LogP contribution in [-0.4, -0.2) is 21.4 Å². The van der Waals surface area contributed by atoms with E-state index in [2.05, 4.69) is 5.32 Å². The first kappa shape index (κ1) is 20.6. The highest BCUT2D eigenvalue weighted by molar-refractivity contribution is 7.92. The summed E-state index contributed by atoms with van der Waals surface area (Å²) in [6.45, 7) is 4.23. The molecule has 1 amide bonds. The summed E-state index contributed by atoms with van der Waals surface area (Å²) in [5, 5.41) is 2.89. The topological polar surface area (TPSA) is 66.5 Å². The zero-order valence-corrected chi connectivity index (χ0v) is 17.5. The molecule has 0 saturated carbocycles. The van der Waals surface area contributed by atoms with E-state index >= 15 is 0 Å². The van der Waals surface area contributed by atoms with Crippen LogP contribution in [0, 0.1) is 13.8 Å². The summed E-state index contributed by atoms with van der Waals surface area (Å²) in [6.07, 6.45) is 0. The molecule has 0 aliphatic rings. The number of rotatable bonds is 6. The standard InChI is InChI=1S/C23H24N2O3S/c1-17-8-7-9-19(14-17)16-24-23(26)20-13-12-18(2)22(15-20)25(3)29(27,28)21-10-5-4-6-11-21/h4-15H,16H2,1-3H3,(H,24,26). The van der Waals surface area contributed by atoms with Crippen LogP contribution in [0.4, 0.5) is 5.69 Å². The molecule has 0 atom stereocenters. The van der Waals surface area contributed by atoms with Crippen molar-refractivity contribution in [2.75, 3.05) is 11.4 Å². The number of carbonyl (C=O) groups excluding carboxylic acids is 1. The lowest BCUT2D eigenvalue weighted by molar-refractivity contribution is 0.0951. The number of nitrogens with one attached hydrogen (secondary N) is 1. The molecule has 29 heavy (non-hydrogen) atoms. The van der Waals surface area contributed by atoms with Crippen molar-refractivity contribution in [3.8, 4) is 0 Å². The molecule has 0 heterocycles. The van der Waals surface area contributed by atoms with Crippen LogP contribution < -0.4 is 9.62 Å². The third kappa shape index (κ3) is 4.66. The van der Waals surface area contributed by atoms with Gasteiger partial charge in [0.15, 0.2) is 0 Å². The first-order valence-electron chi connectivity index (χ1n) is 9.27. The van der Waals surface area contributed by atoms with Gasteiger partial charge in [0.25, 0.3) is 15.9 Å². The van der Waals surface area contributed by atoms with Gasteiger partial charge in [-0.05, 0) is 49.2 Å². The molecule has 1 N–H and O–H groups in total. The van der Waals surface area contributed by atoms with Gasteiger partial charge in [-0.1, -0.05) is 54.1 Å². The average Bonchev–Trinajstić information content (AvgIpc) is 2.72. The lowest BCUT2D eigenvalue weighted by Crippen LogP contribution is -2.28. The van der Waals surface area contributed by atoms with Crippen molar-refractivity contribution in [3.63, 3.8) is 0 Å². The monoisotopic (exact) mass is 408 g/mol. The second kappa shape index (κ2) is 8.49. The summed E-state index contributed by atoms with van der Waals surface area (Å²) in [7, 11) is -2.22. The van der Waals surface area contributed by atoms with Gasteiger partial charge in [0.05, 0.1) is 10.6 Å². The fourth-order valence-electron chi connectivity index (χ4n) is 3.08. The smallest absolute Gasteiger partial charge is 0.264 e. The second-order valence-corrected chi connectivity index (χ2v) is 8.93. The highest BCUT2D eigenvalue weighted by atomic mass is 32.2. The van der Waals surface area contributed by atoms with Gasteiger partial charge < -0.3 is 5.32 Å². The summed E-state index contributed by atoms with van der Waals surface area (Å²) in [6, 6.07) is 21.2. The minimum Gasteiger partial charge on any atom is -0.348 e. The summed E-state index contributed by atoms with van der Waals surface area (Å²) in [5.74, 6) is -0.252. The van der Waals surface area contributed by atoms with Crippen molar-refractivity contribution in [1.29, 1.82) is 0 Å². The number of hydrogen-bond acceptors (Lipinski definition) is 3. The Balaban J connectivity index is 1.83. The Morgan fingerprint density at radius 3 is 2.34 bits per heavy atom. The van der Waals surface area contributed by atoms with Gasteiger partial charge in [0.2, 0.25) is 0 Å². The number of amides is 1. The van der Waals surface area contributed by atoms with E-state index in [0.717, 1.165) is 16.7 Å². The first-order chi connectivity index (χ1) is 13.8. The van der Waals surface area contributed by atoms with Crippen molar-refractivity contribution < 1.29 is 13.2 Å². The molecule has 5 nitrogen and oxygen atoms in total. The van der Waals surface area contributed by atoms with E-state index in [1.807, 2.05) is 38.1 Å².